The molecule has 4 heteroatoms. The Bertz CT molecular complexity index is 178. The van der Waals surface area contributed by atoms with Crippen LogP contribution in [0.25, 0.3) is 0 Å². The molecule has 1 N–H and O–H groups in total. The number of hydrogen-bond donors (Lipinski definition) is 1. The van der Waals surface area contributed by atoms with Gasteiger partial charge >= 0.3 is 0 Å². The lowest BCUT2D eigenvalue weighted by atomic mass is 9.82. The Morgan fingerprint density at radius 1 is 0.944 bits per heavy atom. The van der Waals surface area contributed by atoms with Crippen LogP contribution < -0.4 is 5.32 Å². The van der Waals surface area contributed by atoms with Crippen molar-refractivity contribution in [2.24, 2.45) is 5.41 Å². The molecule has 18 heavy (non-hydrogen) atoms. The summed E-state index contributed by atoms with van der Waals surface area (Å²) in [6.07, 6.45) is 3.52. The molecule has 4 nitrogen and oxygen atoms in total. The molecule has 0 aromatic heterocycles. The molecule has 1 unspecified atom stereocenters. The fourth-order valence-corrected chi connectivity index (χ4v) is 2.03. The quantitative estimate of drug-likeness (QED) is 0.515. The largest absolute Gasteiger partial charge is 0.383 e. The highest BCUT2D eigenvalue weighted by atomic mass is 16.5. The number of hydrogen-bond acceptors (Lipinski definition) is 4. The molecule has 110 valence electrons. The second-order valence-electron chi connectivity index (χ2n) is 5.09. The first-order valence-electron chi connectivity index (χ1n) is 6.95. The second kappa shape index (κ2) is 11.9. The predicted molar refractivity (Wildman–Crippen MR) is 75.1 cm³/mol. The first-order chi connectivity index (χ1) is 8.68. The normalized spacial score (nSPS) is 14.7. The SMILES string of the molecule is CCCC(C)(CCOCCOC)CNCCOC. The predicted octanol–water partition coefficient (Wildman–Crippen LogP) is 2.08. The van der Waals surface area contributed by atoms with Gasteiger partial charge in [0.25, 0.3) is 0 Å². The van der Waals surface area contributed by atoms with Crippen molar-refractivity contribution >= 4 is 0 Å². The average molecular weight is 261 g/mol. The molecule has 0 aliphatic carbocycles. The lowest BCUT2D eigenvalue weighted by molar-refractivity contribution is 0.0515. The summed E-state index contributed by atoms with van der Waals surface area (Å²) in [5.41, 5.74) is 0.315. The van der Waals surface area contributed by atoms with Crippen LogP contribution in [0.15, 0.2) is 0 Å². The molecule has 0 spiro atoms. The molecule has 0 heterocycles. The first kappa shape index (κ1) is 17.8. The molecule has 0 saturated heterocycles. The van der Waals surface area contributed by atoms with Crippen LogP contribution in [0, 0.1) is 5.41 Å². The van der Waals surface area contributed by atoms with Gasteiger partial charge in [-0.25, -0.2) is 0 Å². The van der Waals surface area contributed by atoms with Crippen molar-refractivity contribution < 1.29 is 14.2 Å². The zero-order chi connectivity index (χ0) is 13.7. The summed E-state index contributed by atoms with van der Waals surface area (Å²) in [4.78, 5) is 0. The van der Waals surface area contributed by atoms with Gasteiger partial charge in [0, 0.05) is 33.9 Å². The maximum atomic E-state index is 5.57. The van der Waals surface area contributed by atoms with Gasteiger partial charge < -0.3 is 19.5 Å². The van der Waals surface area contributed by atoms with E-state index >= 15 is 0 Å². The Kier molecular flexibility index (Phi) is 11.8. The lowest BCUT2D eigenvalue weighted by Crippen LogP contribution is -2.34. The van der Waals surface area contributed by atoms with E-state index in [9.17, 15) is 0 Å². The molecule has 0 aliphatic heterocycles. The van der Waals surface area contributed by atoms with E-state index in [0.29, 0.717) is 18.6 Å². The molecule has 0 amide bonds. The lowest BCUT2D eigenvalue weighted by Gasteiger charge is -2.29. The molecule has 0 fully saturated rings. The molecule has 0 rings (SSSR count). The topological polar surface area (TPSA) is 39.7 Å². The minimum Gasteiger partial charge on any atom is -0.383 e. The Labute approximate surface area is 112 Å². The fourth-order valence-electron chi connectivity index (χ4n) is 2.03. The van der Waals surface area contributed by atoms with Gasteiger partial charge in [0.05, 0.1) is 19.8 Å². The number of nitrogens with one attached hydrogen (secondary N) is 1. The average Bonchev–Trinajstić information content (AvgIpc) is 2.35. The zero-order valence-electron chi connectivity index (χ0n) is 12.6. The third kappa shape index (κ3) is 9.83. The van der Waals surface area contributed by atoms with Gasteiger partial charge in [0.15, 0.2) is 0 Å². The second-order valence-corrected chi connectivity index (χ2v) is 5.09. The molecule has 0 saturated carbocycles. The van der Waals surface area contributed by atoms with Crippen LogP contribution >= 0.6 is 0 Å². The highest BCUT2D eigenvalue weighted by Crippen LogP contribution is 2.26. The number of ether oxygens (including phenoxy) is 3. The third-order valence-electron chi connectivity index (χ3n) is 3.17. The maximum Gasteiger partial charge on any atom is 0.0700 e. The molecule has 0 aromatic carbocycles. The van der Waals surface area contributed by atoms with Crippen molar-refractivity contribution in [1.29, 1.82) is 0 Å². The van der Waals surface area contributed by atoms with Crippen LogP contribution in [0.4, 0.5) is 0 Å². The molecule has 1 atom stereocenters. The highest BCUT2D eigenvalue weighted by molar-refractivity contribution is 4.76. The van der Waals surface area contributed by atoms with Crippen LogP contribution in [0.2, 0.25) is 0 Å². The van der Waals surface area contributed by atoms with Gasteiger partial charge in [0.1, 0.15) is 0 Å². The van der Waals surface area contributed by atoms with Gasteiger partial charge in [-0.1, -0.05) is 20.3 Å². The van der Waals surface area contributed by atoms with Gasteiger partial charge in [0.2, 0.25) is 0 Å². The third-order valence-corrected chi connectivity index (χ3v) is 3.17. The molecular weight excluding hydrogens is 230 g/mol. The van der Waals surface area contributed by atoms with Crippen molar-refractivity contribution in [2.75, 3.05) is 53.7 Å². The van der Waals surface area contributed by atoms with Crippen LogP contribution in [-0.2, 0) is 14.2 Å². The van der Waals surface area contributed by atoms with Crippen LogP contribution in [0.3, 0.4) is 0 Å². The van der Waals surface area contributed by atoms with E-state index in [2.05, 4.69) is 19.2 Å². The van der Waals surface area contributed by atoms with Crippen LogP contribution in [-0.4, -0.2) is 53.7 Å². The van der Waals surface area contributed by atoms with Crippen molar-refractivity contribution in [3.05, 3.63) is 0 Å². The molecular formula is C14H31NO3. The van der Waals surface area contributed by atoms with E-state index in [1.165, 1.54) is 12.8 Å². The van der Waals surface area contributed by atoms with E-state index in [1.807, 2.05) is 0 Å². The minimum atomic E-state index is 0.315. The van der Waals surface area contributed by atoms with Gasteiger partial charge in [-0.2, -0.15) is 0 Å². The standard InChI is InChI=1S/C14H31NO3/c1-5-6-14(2,13-15-8-10-16-3)7-9-18-12-11-17-4/h15H,5-13H2,1-4H3. The Morgan fingerprint density at radius 3 is 2.28 bits per heavy atom. The van der Waals surface area contributed by atoms with Crippen molar-refractivity contribution in [2.45, 2.75) is 33.1 Å². The Morgan fingerprint density at radius 2 is 1.67 bits per heavy atom. The smallest absolute Gasteiger partial charge is 0.0700 e. The van der Waals surface area contributed by atoms with Crippen LogP contribution in [0.5, 0.6) is 0 Å². The van der Waals surface area contributed by atoms with E-state index in [-0.39, 0.29) is 0 Å². The minimum absolute atomic E-state index is 0.315. The summed E-state index contributed by atoms with van der Waals surface area (Å²) < 4.78 is 15.6. The summed E-state index contributed by atoms with van der Waals surface area (Å²) in [6, 6.07) is 0. The van der Waals surface area contributed by atoms with Crippen molar-refractivity contribution in [3.8, 4) is 0 Å². The number of methoxy groups -OCH3 is 2. The zero-order valence-corrected chi connectivity index (χ0v) is 12.6. The summed E-state index contributed by atoms with van der Waals surface area (Å²) in [5, 5.41) is 3.46. The monoisotopic (exact) mass is 261 g/mol. The summed E-state index contributed by atoms with van der Waals surface area (Å²) >= 11 is 0. The van der Waals surface area contributed by atoms with E-state index in [0.717, 1.165) is 32.7 Å². The maximum absolute atomic E-state index is 5.57. The van der Waals surface area contributed by atoms with Crippen LogP contribution in [0.1, 0.15) is 33.1 Å². The van der Waals surface area contributed by atoms with Gasteiger partial charge in [-0.05, 0) is 18.3 Å². The molecule has 0 radical (unpaired) electrons. The number of rotatable bonds is 13. The highest BCUT2D eigenvalue weighted by Gasteiger charge is 2.22. The van der Waals surface area contributed by atoms with E-state index < -0.39 is 0 Å². The molecule has 0 bridgehead atoms. The molecule has 0 aliphatic rings. The van der Waals surface area contributed by atoms with E-state index in [1.54, 1.807) is 14.2 Å². The Hall–Kier alpha value is -0.160. The summed E-state index contributed by atoms with van der Waals surface area (Å²) in [5.74, 6) is 0. The summed E-state index contributed by atoms with van der Waals surface area (Å²) in [7, 11) is 3.43. The molecule has 0 aromatic rings. The summed E-state index contributed by atoms with van der Waals surface area (Å²) in [6.45, 7) is 9.46. The Balaban J connectivity index is 3.78. The fraction of sp³-hybridized carbons (Fsp3) is 1.00. The first-order valence-corrected chi connectivity index (χ1v) is 6.95. The van der Waals surface area contributed by atoms with Gasteiger partial charge in [-0.3, -0.25) is 0 Å². The van der Waals surface area contributed by atoms with Crippen molar-refractivity contribution in [1.82, 2.24) is 5.32 Å². The van der Waals surface area contributed by atoms with Crippen molar-refractivity contribution in [3.63, 3.8) is 0 Å². The van der Waals surface area contributed by atoms with Gasteiger partial charge in [-0.15, -0.1) is 0 Å². The van der Waals surface area contributed by atoms with E-state index in [4.69, 9.17) is 14.2 Å².